The average molecular weight is 403 g/mol. The molecule has 0 fully saturated rings. The number of halogens is 1. The van der Waals surface area contributed by atoms with Gasteiger partial charge in [0.25, 0.3) is 0 Å². The summed E-state index contributed by atoms with van der Waals surface area (Å²) in [6, 6.07) is 10.9. The van der Waals surface area contributed by atoms with Gasteiger partial charge in [-0.05, 0) is 55.3 Å². The molecule has 0 saturated carbocycles. The number of esters is 1. The van der Waals surface area contributed by atoms with Crippen molar-refractivity contribution in [2.45, 2.75) is 58.8 Å². The molecule has 0 radical (unpaired) electrons. The zero-order valence-corrected chi connectivity index (χ0v) is 17.4. The van der Waals surface area contributed by atoms with E-state index in [0.29, 0.717) is 19.0 Å². The Bertz CT molecular complexity index is 743. The third-order valence-corrected chi connectivity index (χ3v) is 4.47. The Kier molecular flexibility index (Phi) is 10.0. The van der Waals surface area contributed by atoms with Crippen LogP contribution in [0.2, 0.25) is 0 Å². The zero-order chi connectivity index (χ0) is 20.9. The fourth-order valence-corrected chi connectivity index (χ4v) is 2.74. The first-order valence-electron chi connectivity index (χ1n) is 10.5. The number of rotatable bonds is 13. The largest absolute Gasteiger partial charge is 0.494 e. The Morgan fingerprint density at radius 1 is 0.793 bits per heavy atom. The Balaban J connectivity index is 1.83. The SMILES string of the molecule is CCCCCCCOc1ccc(C(=O)Oc2ccc(OCCCC)cc2)cc1F. The highest BCUT2D eigenvalue weighted by Gasteiger charge is 2.13. The van der Waals surface area contributed by atoms with Crippen LogP contribution >= 0.6 is 0 Å². The molecule has 2 rings (SSSR count). The van der Waals surface area contributed by atoms with Crippen molar-refractivity contribution in [3.8, 4) is 17.2 Å². The highest BCUT2D eigenvalue weighted by atomic mass is 19.1. The third kappa shape index (κ3) is 8.14. The van der Waals surface area contributed by atoms with E-state index >= 15 is 0 Å². The summed E-state index contributed by atoms with van der Waals surface area (Å²) < 4.78 is 30.6. The second-order valence-electron chi connectivity index (χ2n) is 6.97. The van der Waals surface area contributed by atoms with Crippen molar-refractivity contribution >= 4 is 5.97 Å². The second-order valence-corrected chi connectivity index (χ2v) is 6.97. The smallest absolute Gasteiger partial charge is 0.343 e. The molecule has 5 heteroatoms. The Morgan fingerprint density at radius 2 is 1.45 bits per heavy atom. The molecule has 0 amide bonds. The number of hydrogen-bond acceptors (Lipinski definition) is 4. The highest BCUT2D eigenvalue weighted by molar-refractivity contribution is 5.91. The molecule has 158 valence electrons. The molecule has 0 aliphatic heterocycles. The van der Waals surface area contributed by atoms with Crippen molar-refractivity contribution in [2.75, 3.05) is 13.2 Å². The van der Waals surface area contributed by atoms with Crippen molar-refractivity contribution in [3.05, 3.63) is 53.8 Å². The molecule has 0 aliphatic rings. The number of carbonyl (C=O) groups excluding carboxylic acids is 1. The normalized spacial score (nSPS) is 10.6. The molecule has 0 aliphatic carbocycles. The fourth-order valence-electron chi connectivity index (χ4n) is 2.74. The van der Waals surface area contributed by atoms with Crippen molar-refractivity contribution in [2.24, 2.45) is 0 Å². The predicted octanol–water partition coefficient (Wildman–Crippen LogP) is 6.57. The lowest BCUT2D eigenvalue weighted by Crippen LogP contribution is -2.09. The first-order valence-corrected chi connectivity index (χ1v) is 10.5. The predicted molar refractivity (Wildman–Crippen MR) is 112 cm³/mol. The molecule has 0 heterocycles. The van der Waals surface area contributed by atoms with Crippen molar-refractivity contribution in [1.29, 1.82) is 0 Å². The van der Waals surface area contributed by atoms with Gasteiger partial charge in [0.05, 0.1) is 18.8 Å². The minimum atomic E-state index is -0.616. The van der Waals surface area contributed by atoms with Gasteiger partial charge < -0.3 is 14.2 Å². The van der Waals surface area contributed by atoms with E-state index in [2.05, 4.69) is 13.8 Å². The van der Waals surface area contributed by atoms with Gasteiger partial charge in [0.1, 0.15) is 11.5 Å². The zero-order valence-electron chi connectivity index (χ0n) is 17.4. The second kappa shape index (κ2) is 12.8. The van der Waals surface area contributed by atoms with Crippen LogP contribution in [0.15, 0.2) is 42.5 Å². The molecule has 29 heavy (non-hydrogen) atoms. The van der Waals surface area contributed by atoms with E-state index in [-0.39, 0.29) is 11.3 Å². The van der Waals surface area contributed by atoms with E-state index in [1.54, 1.807) is 24.3 Å². The van der Waals surface area contributed by atoms with Crippen LogP contribution in [0.4, 0.5) is 4.39 Å². The summed E-state index contributed by atoms with van der Waals surface area (Å²) in [5.74, 6) is 0.0825. The van der Waals surface area contributed by atoms with Crippen molar-refractivity contribution in [3.63, 3.8) is 0 Å². The van der Waals surface area contributed by atoms with Crippen LogP contribution < -0.4 is 14.2 Å². The summed E-state index contributed by atoms with van der Waals surface area (Å²) in [6.07, 6.45) is 7.57. The van der Waals surface area contributed by atoms with E-state index in [1.807, 2.05) is 0 Å². The van der Waals surface area contributed by atoms with E-state index in [4.69, 9.17) is 14.2 Å². The molecular weight excluding hydrogens is 371 g/mol. The van der Waals surface area contributed by atoms with Crippen LogP contribution in [0.3, 0.4) is 0 Å². The number of unbranched alkanes of at least 4 members (excludes halogenated alkanes) is 5. The fraction of sp³-hybridized carbons (Fsp3) is 0.458. The first kappa shape index (κ1) is 22.7. The first-order chi connectivity index (χ1) is 14.1. The lowest BCUT2D eigenvalue weighted by molar-refractivity contribution is 0.0734. The summed E-state index contributed by atoms with van der Waals surface area (Å²) in [7, 11) is 0. The van der Waals surface area contributed by atoms with Crippen LogP contribution in [0.1, 0.15) is 69.2 Å². The minimum Gasteiger partial charge on any atom is -0.494 e. The van der Waals surface area contributed by atoms with Crippen molar-refractivity contribution < 1.29 is 23.4 Å². The van der Waals surface area contributed by atoms with Gasteiger partial charge in [-0.3, -0.25) is 0 Å². The lowest BCUT2D eigenvalue weighted by atomic mass is 10.2. The summed E-state index contributed by atoms with van der Waals surface area (Å²) >= 11 is 0. The highest BCUT2D eigenvalue weighted by Crippen LogP contribution is 2.22. The van der Waals surface area contributed by atoms with Crippen molar-refractivity contribution in [1.82, 2.24) is 0 Å². The van der Waals surface area contributed by atoms with Crippen LogP contribution in [-0.2, 0) is 0 Å². The van der Waals surface area contributed by atoms with Gasteiger partial charge in [0.15, 0.2) is 11.6 Å². The quantitative estimate of drug-likeness (QED) is 0.216. The van der Waals surface area contributed by atoms with E-state index in [0.717, 1.165) is 37.5 Å². The van der Waals surface area contributed by atoms with E-state index < -0.39 is 11.8 Å². The van der Waals surface area contributed by atoms with Crippen LogP contribution in [0.25, 0.3) is 0 Å². The van der Waals surface area contributed by atoms with Gasteiger partial charge >= 0.3 is 5.97 Å². The van der Waals surface area contributed by atoms with Crippen LogP contribution in [-0.4, -0.2) is 19.2 Å². The number of carbonyl (C=O) groups is 1. The Labute approximate surface area is 173 Å². The molecule has 0 unspecified atom stereocenters. The molecule has 0 saturated heterocycles. The Hall–Kier alpha value is -2.56. The third-order valence-electron chi connectivity index (χ3n) is 4.47. The summed E-state index contributed by atoms with van der Waals surface area (Å²) in [4.78, 5) is 12.3. The van der Waals surface area contributed by atoms with Gasteiger partial charge in [0.2, 0.25) is 0 Å². The van der Waals surface area contributed by atoms with Gasteiger partial charge in [-0.1, -0.05) is 46.0 Å². The Morgan fingerprint density at radius 3 is 2.14 bits per heavy atom. The topological polar surface area (TPSA) is 44.8 Å². The molecule has 0 N–H and O–H groups in total. The van der Waals surface area contributed by atoms with E-state index in [9.17, 15) is 9.18 Å². The van der Waals surface area contributed by atoms with Gasteiger partial charge in [0, 0.05) is 0 Å². The maximum absolute atomic E-state index is 14.2. The van der Waals surface area contributed by atoms with Gasteiger partial charge in [-0.15, -0.1) is 0 Å². The summed E-state index contributed by atoms with van der Waals surface area (Å²) in [5, 5.41) is 0. The van der Waals surface area contributed by atoms with Crippen LogP contribution in [0, 0.1) is 5.82 Å². The molecule has 2 aromatic rings. The molecule has 0 spiro atoms. The summed E-state index contributed by atoms with van der Waals surface area (Å²) in [5.41, 5.74) is 0.140. The molecule has 0 atom stereocenters. The monoisotopic (exact) mass is 402 g/mol. The number of ether oxygens (including phenoxy) is 3. The minimum absolute atomic E-state index is 0.140. The van der Waals surface area contributed by atoms with Gasteiger partial charge in [-0.25, -0.2) is 9.18 Å². The molecular formula is C24H31FO4. The number of hydrogen-bond donors (Lipinski definition) is 0. The standard InChI is InChI=1S/C24H31FO4/c1-3-5-7-8-9-17-28-23-15-10-19(18-22(23)25)24(26)29-21-13-11-20(12-14-21)27-16-6-4-2/h10-15,18H,3-9,16-17H2,1-2H3. The van der Waals surface area contributed by atoms with E-state index in [1.165, 1.54) is 31.4 Å². The molecule has 2 aromatic carbocycles. The summed E-state index contributed by atoms with van der Waals surface area (Å²) in [6.45, 7) is 5.39. The molecule has 0 bridgehead atoms. The average Bonchev–Trinajstić information content (AvgIpc) is 2.73. The molecule has 0 aromatic heterocycles. The van der Waals surface area contributed by atoms with Gasteiger partial charge in [-0.2, -0.15) is 0 Å². The maximum atomic E-state index is 14.2. The van der Waals surface area contributed by atoms with Crippen LogP contribution in [0.5, 0.6) is 17.2 Å². The number of benzene rings is 2. The molecule has 4 nitrogen and oxygen atoms in total. The lowest BCUT2D eigenvalue weighted by Gasteiger charge is -2.09. The maximum Gasteiger partial charge on any atom is 0.343 e.